The summed E-state index contributed by atoms with van der Waals surface area (Å²) >= 11 is 0. The molecule has 0 unspecified atom stereocenters. The lowest BCUT2D eigenvalue weighted by Gasteiger charge is -2.19. The third-order valence-electron chi connectivity index (χ3n) is 4.74. The van der Waals surface area contributed by atoms with Crippen molar-refractivity contribution in [1.82, 2.24) is 9.47 Å². The van der Waals surface area contributed by atoms with Gasteiger partial charge < -0.3 is 9.47 Å². The SMILES string of the molecule is Cc1cccc(C)c1-c1c(C)ccn1CCN1CCCC1. The van der Waals surface area contributed by atoms with Gasteiger partial charge in [0.25, 0.3) is 0 Å². The molecule has 0 N–H and O–H groups in total. The molecule has 1 fully saturated rings. The topological polar surface area (TPSA) is 8.17 Å². The summed E-state index contributed by atoms with van der Waals surface area (Å²) in [4.78, 5) is 2.59. The number of hydrogen-bond acceptors (Lipinski definition) is 1. The van der Waals surface area contributed by atoms with Crippen molar-refractivity contribution in [2.75, 3.05) is 19.6 Å². The van der Waals surface area contributed by atoms with E-state index in [9.17, 15) is 0 Å². The molecule has 2 heteroatoms. The van der Waals surface area contributed by atoms with Gasteiger partial charge in [0.15, 0.2) is 0 Å². The molecule has 1 aromatic heterocycles. The van der Waals surface area contributed by atoms with Crippen LogP contribution in [-0.2, 0) is 6.54 Å². The van der Waals surface area contributed by atoms with E-state index in [0.29, 0.717) is 0 Å². The zero-order valence-corrected chi connectivity index (χ0v) is 13.5. The molecule has 0 radical (unpaired) electrons. The van der Waals surface area contributed by atoms with Gasteiger partial charge in [-0.3, -0.25) is 0 Å². The van der Waals surface area contributed by atoms with Crippen LogP contribution in [0.25, 0.3) is 11.3 Å². The molecule has 1 aliphatic heterocycles. The van der Waals surface area contributed by atoms with Crippen LogP contribution in [0, 0.1) is 20.8 Å². The summed E-state index contributed by atoms with van der Waals surface area (Å²) in [6.07, 6.45) is 5.00. The summed E-state index contributed by atoms with van der Waals surface area (Å²) in [6.45, 7) is 11.5. The zero-order chi connectivity index (χ0) is 14.8. The van der Waals surface area contributed by atoms with Crippen molar-refractivity contribution in [2.45, 2.75) is 40.2 Å². The second-order valence-corrected chi connectivity index (χ2v) is 6.36. The Morgan fingerprint density at radius 2 is 1.52 bits per heavy atom. The highest BCUT2D eigenvalue weighted by Gasteiger charge is 2.15. The maximum Gasteiger partial charge on any atom is 0.0515 e. The molecule has 3 rings (SSSR count). The smallest absolute Gasteiger partial charge is 0.0515 e. The summed E-state index contributed by atoms with van der Waals surface area (Å²) in [5.74, 6) is 0. The Balaban J connectivity index is 1.89. The normalized spacial score (nSPS) is 15.8. The van der Waals surface area contributed by atoms with Gasteiger partial charge >= 0.3 is 0 Å². The molecule has 0 atom stereocenters. The highest BCUT2D eigenvalue weighted by molar-refractivity contribution is 5.71. The van der Waals surface area contributed by atoms with Crippen LogP contribution < -0.4 is 0 Å². The van der Waals surface area contributed by atoms with Crippen molar-refractivity contribution < 1.29 is 0 Å². The number of aryl methyl sites for hydroxylation is 3. The second-order valence-electron chi connectivity index (χ2n) is 6.36. The fourth-order valence-corrected chi connectivity index (χ4v) is 3.55. The summed E-state index contributed by atoms with van der Waals surface area (Å²) < 4.78 is 2.45. The maximum atomic E-state index is 2.59. The molecule has 0 saturated carbocycles. The first-order valence-corrected chi connectivity index (χ1v) is 8.11. The minimum atomic E-state index is 1.09. The Morgan fingerprint density at radius 1 is 0.857 bits per heavy atom. The van der Waals surface area contributed by atoms with E-state index in [0.717, 1.165) is 6.54 Å². The molecule has 1 aliphatic rings. The van der Waals surface area contributed by atoms with Gasteiger partial charge in [-0.15, -0.1) is 0 Å². The molecular formula is C19H26N2. The molecule has 1 saturated heterocycles. The van der Waals surface area contributed by atoms with E-state index in [1.165, 1.54) is 60.4 Å². The molecule has 2 nitrogen and oxygen atoms in total. The lowest BCUT2D eigenvalue weighted by atomic mass is 9.98. The second kappa shape index (κ2) is 6.07. The van der Waals surface area contributed by atoms with Crippen LogP contribution in [-0.4, -0.2) is 29.1 Å². The molecular weight excluding hydrogens is 256 g/mol. The minimum Gasteiger partial charge on any atom is -0.346 e. The first-order valence-electron chi connectivity index (χ1n) is 8.11. The van der Waals surface area contributed by atoms with Crippen molar-refractivity contribution in [3.05, 3.63) is 47.2 Å². The molecule has 0 amide bonds. The van der Waals surface area contributed by atoms with Gasteiger partial charge in [0.05, 0.1) is 5.69 Å². The van der Waals surface area contributed by atoms with E-state index in [4.69, 9.17) is 0 Å². The number of aromatic nitrogens is 1. The largest absolute Gasteiger partial charge is 0.346 e. The van der Waals surface area contributed by atoms with Gasteiger partial charge in [-0.25, -0.2) is 0 Å². The number of rotatable bonds is 4. The number of likely N-dealkylation sites (tertiary alicyclic amines) is 1. The maximum absolute atomic E-state index is 2.59. The summed E-state index contributed by atoms with van der Waals surface area (Å²) in [6, 6.07) is 8.85. The summed E-state index contributed by atoms with van der Waals surface area (Å²) in [5, 5.41) is 0. The Bertz CT molecular complexity index is 598. The average molecular weight is 282 g/mol. The quantitative estimate of drug-likeness (QED) is 0.817. The van der Waals surface area contributed by atoms with E-state index in [2.05, 4.69) is 60.7 Å². The Morgan fingerprint density at radius 3 is 2.19 bits per heavy atom. The van der Waals surface area contributed by atoms with E-state index in [1.807, 2.05) is 0 Å². The predicted octanol–water partition coefficient (Wildman–Crippen LogP) is 4.18. The molecule has 112 valence electrons. The van der Waals surface area contributed by atoms with Crippen LogP contribution in [0.5, 0.6) is 0 Å². The Hall–Kier alpha value is -1.54. The fourth-order valence-electron chi connectivity index (χ4n) is 3.55. The van der Waals surface area contributed by atoms with E-state index >= 15 is 0 Å². The predicted molar refractivity (Wildman–Crippen MR) is 89.8 cm³/mol. The Labute approximate surface area is 128 Å². The van der Waals surface area contributed by atoms with Crippen molar-refractivity contribution in [3.8, 4) is 11.3 Å². The van der Waals surface area contributed by atoms with Crippen molar-refractivity contribution in [2.24, 2.45) is 0 Å². The van der Waals surface area contributed by atoms with E-state index < -0.39 is 0 Å². The summed E-state index contributed by atoms with van der Waals surface area (Å²) in [7, 11) is 0. The average Bonchev–Trinajstić information content (AvgIpc) is 3.08. The van der Waals surface area contributed by atoms with Crippen LogP contribution in [0.3, 0.4) is 0 Å². The van der Waals surface area contributed by atoms with Gasteiger partial charge in [0.2, 0.25) is 0 Å². The van der Waals surface area contributed by atoms with Gasteiger partial charge in [0, 0.05) is 24.8 Å². The fraction of sp³-hybridized carbons (Fsp3) is 0.474. The van der Waals surface area contributed by atoms with Gasteiger partial charge in [-0.1, -0.05) is 18.2 Å². The zero-order valence-electron chi connectivity index (χ0n) is 13.5. The number of hydrogen-bond donors (Lipinski definition) is 0. The highest BCUT2D eigenvalue weighted by Crippen LogP contribution is 2.30. The standard InChI is InChI=1S/C19H26N2/c1-15-7-6-8-16(2)18(15)19-17(3)9-12-21(19)14-13-20-10-4-5-11-20/h6-9,12H,4-5,10-11,13-14H2,1-3H3. The lowest BCUT2D eigenvalue weighted by molar-refractivity contribution is 0.323. The monoisotopic (exact) mass is 282 g/mol. The minimum absolute atomic E-state index is 1.09. The highest BCUT2D eigenvalue weighted by atomic mass is 15.2. The van der Waals surface area contributed by atoms with E-state index in [-0.39, 0.29) is 0 Å². The lowest BCUT2D eigenvalue weighted by Crippen LogP contribution is -2.24. The number of nitrogens with zero attached hydrogens (tertiary/aromatic N) is 2. The molecule has 0 aliphatic carbocycles. The van der Waals surface area contributed by atoms with Crippen LogP contribution in [0.4, 0.5) is 0 Å². The molecule has 0 spiro atoms. The van der Waals surface area contributed by atoms with Crippen LogP contribution in [0.15, 0.2) is 30.5 Å². The third kappa shape index (κ3) is 2.91. The van der Waals surface area contributed by atoms with Gasteiger partial charge in [0.1, 0.15) is 0 Å². The molecule has 0 bridgehead atoms. The molecule has 2 aromatic rings. The van der Waals surface area contributed by atoms with Crippen molar-refractivity contribution >= 4 is 0 Å². The van der Waals surface area contributed by atoms with Gasteiger partial charge in [-0.2, -0.15) is 0 Å². The molecule has 2 heterocycles. The summed E-state index contributed by atoms with van der Waals surface area (Å²) in [5.41, 5.74) is 6.96. The molecule has 1 aromatic carbocycles. The first kappa shape index (κ1) is 14.4. The molecule has 21 heavy (non-hydrogen) atoms. The van der Waals surface area contributed by atoms with Crippen molar-refractivity contribution in [3.63, 3.8) is 0 Å². The number of benzene rings is 1. The Kier molecular flexibility index (Phi) is 4.16. The van der Waals surface area contributed by atoms with Gasteiger partial charge in [-0.05, 0) is 69.5 Å². The third-order valence-corrected chi connectivity index (χ3v) is 4.74. The van der Waals surface area contributed by atoms with E-state index in [1.54, 1.807) is 0 Å². The van der Waals surface area contributed by atoms with Crippen LogP contribution in [0.1, 0.15) is 29.5 Å². The van der Waals surface area contributed by atoms with Crippen LogP contribution in [0.2, 0.25) is 0 Å². The van der Waals surface area contributed by atoms with Crippen molar-refractivity contribution in [1.29, 1.82) is 0 Å². The first-order chi connectivity index (χ1) is 10.2. The van der Waals surface area contributed by atoms with Crippen LogP contribution >= 0.6 is 0 Å².